The van der Waals surface area contributed by atoms with E-state index >= 15 is 0 Å². The largest absolute Gasteiger partial charge is 0.365 e. The lowest BCUT2D eigenvalue weighted by Crippen LogP contribution is -2.19. The molecule has 2 aromatic rings. The number of nitrogens with zero attached hydrogens (tertiary/aromatic N) is 3. The third-order valence-electron chi connectivity index (χ3n) is 3.17. The monoisotopic (exact) mass is 319 g/mol. The first-order chi connectivity index (χ1) is 10.4. The number of benzene rings is 2. The van der Waals surface area contributed by atoms with E-state index < -0.39 is 10.7 Å². The Kier molecular flexibility index (Phi) is 4.59. The molecular weight excluding hydrogens is 309 g/mol. The minimum Gasteiger partial charge on any atom is -0.365 e. The molecule has 0 spiro atoms. The van der Waals surface area contributed by atoms with Crippen LogP contribution in [0.5, 0.6) is 0 Å². The predicted molar refractivity (Wildman–Crippen MR) is 81.3 cm³/mol. The molecule has 0 aromatic heterocycles. The molecule has 0 aliphatic heterocycles. The molecule has 0 saturated heterocycles. The maximum Gasteiger partial charge on any atom is 0.293 e. The molecule has 112 valence electrons. The first-order valence-electron chi connectivity index (χ1n) is 6.26. The Hall–Kier alpha value is -2.65. The first-order valence-corrected chi connectivity index (χ1v) is 6.64. The van der Waals surface area contributed by atoms with Crippen LogP contribution in [-0.4, -0.2) is 12.0 Å². The van der Waals surface area contributed by atoms with Crippen molar-refractivity contribution < 1.29 is 9.31 Å². The average molecular weight is 320 g/mol. The molecule has 0 atom stereocenters. The Balaban J connectivity index is 2.40. The van der Waals surface area contributed by atoms with Gasteiger partial charge in [-0.2, -0.15) is 5.26 Å². The molecular formula is C15H11ClFN3O2. The summed E-state index contributed by atoms with van der Waals surface area (Å²) in [5.41, 5.74) is 0.510. The molecule has 2 rings (SSSR count). The van der Waals surface area contributed by atoms with E-state index in [1.54, 1.807) is 13.1 Å². The lowest BCUT2D eigenvalue weighted by Gasteiger charge is -2.20. The number of hydrogen-bond donors (Lipinski definition) is 0. The molecule has 0 aliphatic carbocycles. The van der Waals surface area contributed by atoms with Crippen molar-refractivity contribution in [2.24, 2.45) is 0 Å². The molecule has 0 bridgehead atoms. The summed E-state index contributed by atoms with van der Waals surface area (Å²) in [6, 6.07) is 10.3. The van der Waals surface area contributed by atoms with Gasteiger partial charge in [0.05, 0.1) is 16.6 Å². The number of nitro benzene ring substituents is 1. The number of hydrogen-bond acceptors (Lipinski definition) is 4. The smallest absolute Gasteiger partial charge is 0.293 e. The number of halogens is 2. The van der Waals surface area contributed by atoms with Crippen LogP contribution in [0.4, 0.5) is 15.8 Å². The molecule has 0 aliphatic rings. The van der Waals surface area contributed by atoms with Gasteiger partial charge in [-0.05, 0) is 24.3 Å². The number of rotatable bonds is 4. The summed E-state index contributed by atoms with van der Waals surface area (Å²) in [5, 5.41) is 20.2. The summed E-state index contributed by atoms with van der Waals surface area (Å²) in [7, 11) is 1.59. The van der Waals surface area contributed by atoms with Crippen molar-refractivity contribution >= 4 is 23.0 Å². The van der Waals surface area contributed by atoms with Gasteiger partial charge in [-0.25, -0.2) is 4.39 Å². The van der Waals surface area contributed by atoms with Gasteiger partial charge in [-0.1, -0.05) is 17.7 Å². The van der Waals surface area contributed by atoms with E-state index in [1.165, 1.54) is 35.2 Å². The van der Waals surface area contributed by atoms with Crippen LogP contribution < -0.4 is 4.90 Å². The van der Waals surface area contributed by atoms with Crippen LogP contribution in [0.2, 0.25) is 5.02 Å². The van der Waals surface area contributed by atoms with Gasteiger partial charge in [0.25, 0.3) is 5.69 Å². The van der Waals surface area contributed by atoms with Crippen LogP contribution in [-0.2, 0) is 6.54 Å². The van der Waals surface area contributed by atoms with Gasteiger partial charge < -0.3 is 4.90 Å². The molecule has 0 fully saturated rings. The fraction of sp³-hybridized carbons (Fsp3) is 0.133. The molecule has 5 nitrogen and oxygen atoms in total. The van der Waals surface area contributed by atoms with Crippen molar-refractivity contribution in [3.8, 4) is 6.07 Å². The molecule has 0 saturated carbocycles. The Morgan fingerprint density at radius 1 is 1.41 bits per heavy atom. The van der Waals surface area contributed by atoms with Gasteiger partial charge in [-0.15, -0.1) is 0 Å². The van der Waals surface area contributed by atoms with Crippen LogP contribution in [0.1, 0.15) is 11.1 Å². The first kappa shape index (κ1) is 15.7. The van der Waals surface area contributed by atoms with Crippen molar-refractivity contribution in [1.29, 1.82) is 5.26 Å². The van der Waals surface area contributed by atoms with Crippen LogP contribution >= 0.6 is 11.6 Å². The summed E-state index contributed by atoms with van der Waals surface area (Å²) < 4.78 is 13.8. The lowest BCUT2D eigenvalue weighted by molar-refractivity contribution is -0.384. The zero-order valence-electron chi connectivity index (χ0n) is 11.6. The maximum absolute atomic E-state index is 13.8. The summed E-state index contributed by atoms with van der Waals surface area (Å²) in [4.78, 5) is 12.1. The Labute approximate surface area is 131 Å². The highest BCUT2D eigenvalue weighted by atomic mass is 35.5. The highest BCUT2D eigenvalue weighted by Gasteiger charge is 2.19. The van der Waals surface area contributed by atoms with Crippen molar-refractivity contribution in [2.75, 3.05) is 11.9 Å². The van der Waals surface area contributed by atoms with Crippen molar-refractivity contribution in [3.63, 3.8) is 0 Å². The predicted octanol–water partition coefficient (Wildman–Crippen LogP) is 3.90. The third kappa shape index (κ3) is 3.15. The van der Waals surface area contributed by atoms with E-state index in [9.17, 15) is 14.5 Å². The average Bonchev–Trinajstić information content (AvgIpc) is 2.50. The standard InChI is InChI=1S/C15H11ClFN3O2/c1-19(9-11-12(16)3-2-4-13(11)17)14-6-5-10(8-18)7-15(14)20(21)22/h2-7H,9H2,1H3. The molecule has 0 heterocycles. The van der Waals surface area contributed by atoms with Gasteiger partial charge in [-0.3, -0.25) is 10.1 Å². The minimum absolute atomic E-state index is 0.0677. The second-order valence-electron chi connectivity index (χ2n) is 4.63. The number of nitriles is 1. The van der Waals surface area contributed by atoms with Gasteiger partial charge in [0.2, 0.25) is 0 Å². The second kappa shape index (κ2) is 6.41. The van der Waals surface area contributed by atoms with E-state index in [2.05, 4.69) is 0 Å². The van der Waals surface area contributed by atoms with Crippen molar-refractivity contribution in [2.45, 2.75) is 6.54 Å². The topological polar surface area (TPSA) is 70.2 Å². The minimum atomic E-state index is -0.574. The Morgan fingerprint density at radius 3 is 2.73 bits per heavy atom. The zero-order valence-corrected chi connectivity index (χ0v) is 12.3. The van der Waals surface area contributed by atoms with Crippen LogP contribution in [0, 0.1) is 27.3 Å². The normalized spacial score (nSPS) is 10.1. The molecule has 0 N–H and O–H groups in total. The summed E-state index contributed by atoms with van der Waals surface area (Å²) in [5.74, 6) is -0.476. The summed E-state index contributed by atoms with van der Waals surface area (Å²) in [6.07, 6.45) is 0. The van der Waals surface area contributed by atoms with E-state index in [0.717, 1.165) is 0 Å². The van der Waals surface area contributed by atoms with Crippen molar-refractivity contribution in [1.82, 2.24) is 0 Å². The fourth-order valence-electron chi connectivity index (χ4n) is 2.07. The van der Waals surface area contributed by atoms with Crippen LogP contribution in [0.15, 0.2) is 36.4 Å². The summed E-state index contributed by atoms with van der Waals surface area (Å²) in [6.45, 7) is 0.0677. The maximum atomic E-state index is 13.8. The molecule has 0 unspecified atom stereocenters. The van der Waals surface area contributed by atoms with Crippen molar-refractivity contribution in [3.05, 3.63) is 68.5 Å². The Morgan fingerprint density at radius 2 is 2.14 bits per heavy atom. The van der Waals surface area contributed by atoms with Gasteiger partial charge >= 0.3 is 0 Å². The van der Waals surface area contributed by atoms with E-state index in [4.69, 9.17) is 16.9 Å². The molecule has 0 amide bonds. The number of nitro groups is 1. The molecule has 2 aromatic carbocycles. The van der Waals surface area contributed by atoms with Gasteiger partial charge in [0.15, 0.2) is 0 Å². The Bertz CT molecular complexity index is 754. The van der Waals surface area contributed by atoms with Gasteiger partial charge in [0.1, 0.15) is 11.5 Å². The van der Waals surface area contributed by atoms with E-state index in [-0.39, 0.29) is 34.1 Å². The second-order valence-corrected chi connectivity index (χ2v) is 5.04. The lowest BCUT2D eigenvalue weighted by atomic mass is 10.1. The third-order valence-corrected chi connectivity index (χ3v) is 3.52. The zero-order chi connectivity index (χ0) is 16.3. The molecule has 0 radical (unpaired) electrons. The van der Waals surface area contributed by atoms with Crippen LogP contribution in [0.3, 0.4) is 0 Å². The molecule has 22 heavy (non-hydrogen) atoms. The summed E-state index contributed by atoms with van der Waals surface area (Å²) >= 11 is 5.97. The van der Waals surface area contributed by atoms with Gasteiger partial charge in [0, 0.05) is 30.2 Å². The van der Waals surface area contributed by atoms with Crippen LogP contribution in [0.25, 0.3) is 0 Å². The number of anilines is 1. The SMILES string of the molecule is CN(Cc1c(F)cccc1Cl)c1ccc(C#N)cc1[N+](=O)[O-]. The fourth-order valence-corrected chi connectivity index (χ4v) is 2.29. The van der Waals surface area contributed by atoms with E-state index in [1.807, 2.05) is 6.07 Å². The highest BCUT2D eigenvalue weighted by molar-refractivity contribution is 6.31. The quantitative estimate of drug-likeness (QED) is 0.633. The van der Waals surface area contributed by atoms with E-state index in [0.29, 0.717) is 0 Å². The highest BCUT2D eigenvalue weighted by Crippen LogP contribution is 2.30. The molecule has 7 heteroatoms.